The third-order valence-electron chi connectivity index (χ3n) is 1.13. The Bertz CT molecular complexity index is 223. The first-order chi connectivity index (χ1) is 3.86. The van der Waals surface area contributed by atoms with Gasteiger partial charge in [0, 0.05) is 6.07 Å². The van der Waals surface area contributed by atoms with Gasteiger partial charge in [-0.05, 0) is 12.1 Å². The molecular weight excluding hydrogens is 107 g/mol. The Balaban J connectivity index is 2.72. The van der Waals surface area contributed by atoms with Crippen LogP contribution in [-0.4, -0.2) is 0 Å². The van der Waals surface area contributed by atoms with E-state index in [1.165, 1.54) is 6.07 Å². The van der Waals surface area contributed by atoms with E-state index in [4.69, 9.17) is 4.74 Å². The van der Waals surface area contributed by atoms with Crippen LogP contribution in [0.4, 0.5) is 4.39 Å². The minimum atomic E-state index is -0.278. The molecule has 2 bridgehead atoms. The highest BCUT2D eigenvalue weighted by molar-refractivity contribution is 5.45. The van der Waals surface area contributed by atoms with E-state index in [-0.39, 0.29) is 5.82 Å². The molecule has 1 nitrogen and oxygen atoms in total. The van der Waals surface area contributed by atoms with E-state index in [1.807, 2.05) is 0 Å². The first-order valence-corrected chi connectivity index (χ1v) is 2.34. The number of fused-ring (bicyclic) bond motifs is 2. The molecule has 0 saturated carbocycles. The number of benzene rings is 1. The van der Waals surface area contributed by atoms with Crippen molar-refractivity contribution in [3.63, 3.8) is 0 Å². The molecule has 0 aliphatic carbocycles. The molecule has 2 aliphatic heterocycles. The van der Waals surface area contributed by atoms with Crippen LogP contribution < -0.4 is 4.74 Å². The van der Waals surface area contributed by atoms with Crippen LogP contribution in [0.3, 0.4) is 0 Å². The van der Waals surface area contributed by atoms with Crippen molar-refractivity contribution in [2.24, 2.45) is 0 Å². The van der Waals surface area contributed by atoms with E-state index in [9.17, 15) is 4.39 Å². The van der Waals surface area contributed by atoms with E-state index in [2.05, 4.69) is 0 Å². The molecule has 0 fully saturated rings. The largest absolute Gasteiger partial charge is 0.454 e. The molecule has 2 aliphatic rings. The van der Waals surface area contributed by atoms with Crippen molar-refractivity contribution in [2.45, 2.75) is 0 Å². The van der Waals surface area contributed by atoms with Crippen molar-refractivity contribution in [1.82, 2.24) is 0 Å². The molecule has 0 unspecified atom stereocenters. The molecule has 3 rings (SSSR count). The fourth-order valence-electron chi connectivity index (χ4n) is 0.694. The molecule has 0 N–H and O–H groups in total. The van der Waals surface area contributed by atoms with Crippen molar-refractivity contribution in [3.05, 3.63) is 24.0 Å². The molecule has 2 heterocycles. The topological polar surface area (TPSA) is 9.23 Å². The Hall–Kier alpha value is -1.05. The average molecular weight is 110 g/mol. The summed E-state index contributed by atoms with van der Waals surface area (Å²) in [6.45, 7) is 0. The Morgan fingerprint density at radius 1 is 1.38 bits per heavy atom. The minimum absolute atomic E-state index is 0.278. The average Bonchev–Trinajstić information content (AvgIpc) is 1.62. The summed E-state index contributed by atoms with van der Waals surface area (Å²) in [5.74, 6) is 0.837. The van der Waals surface area contributed by atoms with Crippen LogP contribution >= 0.6 is 0 Å². The van der Waals surface area contributed by atoms with Gasteiger partial charge in [0.05, 0.1) is 0 Å². The summed E-state index contributed by atoms with van der Waals surface area (Å²) in [7, 11) is 0. The summed E-state index contributed by atoms with van der Waals surface area (Å²) in [6.07, 6.45) is 0. The van der Waals surface area contributed by atoms with Crippen LogP contribution in [0.5, 0.6) is 11.5 Å². The quantitative estimate of drug-likeness (QED) is 0.503. The van der Waals surface area contributed by atoms with E-state index in [0.717, 1.165) is 5.75 Å². The minimum Gasteiger partial charge on any atom is -0.454 e. The van der Waals surface area contributed by atoms with E-state index < -0.39 is 0 Å². The Kier molecular flexibility index (Phi) is 0.497. The maximum Gasteiger partial charge on any atom is 0.166 e. The fraction of sp³-hybridized carbons (Fsp3) is 0. The number of rotatable bonds is 0. The van der Waals surface area contributed by atoms with Gasteiger partial charge in [-0.15, -0.1) is 0 Å². The summed E-state index contributed by atoms with van der Waals surface area (Å²) in [6, 6.07) is 4.66. The lowest BCUT2D eigenvalue weighted by Gasteiger charge is -2.15. The second-order valence-electron chi connectivity index (χ2n) is 1.69. The zero-order chi connectivity index (χ0) is 5.56. The van der Waals surface area contributed by atoms with Crippen molar-refractivity contribution in [2.75, 3.05) is 0 Å². The number of hydrogen-bond acceptors (Lipinski definition) is 1. The maximum absolute atomic E-state index is 12.2. The number of halogens is 1. The van der Waals surface area contributed by atoms with Gasteiger partial charge in [0.15, 0.2) is 11.6 Å². The standard InChI is InChI=1S/C6H3FO/c7-5-2-1-4-3-6(5)8-4/h1-3H. The Morgan fingerprint density at radius 3 is 2.38 bits per heavy atom. The van der Waals surface area contributed by atoms with Crippen LogP contribution in [0.1, 0.15) is 0 Å². The molecule has 0 spiro atoms. The lowest BCUT2D eigenvalue weighted by molar-refractivity contribution is 0.398. The van der Waals surface area contributed by atoms with Crippen molar-refractivity contribution < 1.29 is 9.13 Å². The van der Waals surface area contributed by atoms with Gasteiger partial charge < -0.3 is 4.74 Å². The molecule has 0 amide bonds. The smallest absolute Gasteiger partial charge is 0.166 e. The Labute approximate surface area is 45.7 Å². The number of hydrogen-bond donors (Lipinski definition) is 0. The third kappa shape index (κ3) is 0.304. The van der Waals surface area contributed by atoms with E-state index in [1.54, 1.807) is 12.1 Å². The lowest BCUT2D eigenvalue weighted by Crippen LogP contribution is -1.96. The summed E-state index contributed by atoms with van der Waals surface area (Å²) >= 11 is 0. The molecule has 0 atom stereocenters. The monoisotopic (exact) mass is 110 g/mol. The second kappa shape index (κ2) is 1.02. The van der Waals surface area contributed by atoms with Gasteiger partial charge in [-0.1, -0.05) is 0 Å². The summed E-state index contributed by atoms with van der Waals surface area (Å²) < 4.78 is 17.0. The van der Waals surface area contributed by atoms with E-state index in [0.29, 0.717) is 5.75 Å². The predicted molar refractivity (Wildman–Crippen MR) is 26.5 cm³/mol. The fourth-order valence-corrected chi connectivity index (χ4v) is 0.694. The summed E-state index contributed by atoms with van der Waals surface area (Å²) in [5.41, 5.74) is 0. The molecule has 1 aromatic carbocycles. The molecule has 0 radical (unpaired) electrons. The van der Waals surface area contributed by atoms with Crippen LogP contribution in [-0.2, 0) is 0 Å². The number of ether oxygens (including phenoxy) is 1. The first-order valence-electron chi connectivity index (χ1n) is 2.34. The van der Waals surface area contributed by atoms with Gasteiger partial charge >= 0.3 is 0 Å². The van der Waals surface area contributed by atoms with Gasteiger partial charge in [0.2, 0.25) is 0 Å². The van der Waals surface area contributed by atoms with Gasteiger partial charge in [0.25, 0.3) is 0 Å². The Morgan fingerprint density at radius 2 is 2.12 bits per heavy atom. The van der Waals surface area contributed by atoms with Crippen molar-refractivity contribution in [3.8, 4) is 11.5 Å². The SMILES string of the molecule is Fc1ccc2cc1O2. The highest BCUT2D eigenvalue weighted by Gasteiger charge is 2.14. The predicted octanol–water partition coefficient (Wildman–Crippen LogP) is 1.93. The maximum atomic E-state index is 12.2. The molecule has 2 heteroatoms. The second-order valence-corrected chi connectivity index (χ2v) is 1.69. The highest BCUT2D eigenvalue weighted by Crippen LogP contribution is 2.36. The zero-order valence-corrected chi connectivity index (χ0v) is 4.02. The molecule has 1 aromatic rings. The van der Waals surface area contributed by atoms with Crippen molar-refractivity contribution >= 4 is 0 Å². The van der Waals surface area contributed by atoms with Crippen LogP contribution in [0.2, 0.25) is 0 Å². The molecule has 8 heavy (non-hydrogen) atoms. The van der Waals surface area contributed by atoms with Crippen LogP contribution in [0, 0.1) is 5.82 Å². The van der Waals surface area contributed by atoms with Gasteiger partial charge in [0.1, 0.15) is 5.75 Å². The lowest BCUT2D eigenvalue weighted by atomic mass is 10.2. The third-order valence-corrected chi connectivity index (χ3v) is 1.13. The van der Waals surface area contributed by atoms with Crippen LogP contribution in [0.15, 0.2) is 18.2 Å². The highest BCUT2D eigenvalue weighted by atomic mass is 19.1. The van der Waals surface area contributed by atoms with Gasteiger partial charge in [-0.2, -0.15) is 0 Å². The molecule has 0 aromatic heterocycles. The molecular formula is C6H3FO. The summed E-state index contributed by atoms with van der Waals surface area (Å²) in [4.78, 5) is 0. The van der Waals surface area contributed by atoms with Gasteiger partial charge in [-0.25, -0.2) is 4.39 Å². The molecule has 0 saturated heterocycles. The van der Waals surface area contributed by atoms with Crippen LogP contribution in [0.25, 0.3) is 0 Å². The van der Waals surface area contributed by atoms with Crippen molar-refractivity contribution in [1.29, 1.82) is 0 Å². The van der Waals surface area contributed by atoms with Gasteiger partial charge in [-0.3, -0.25) is 0 Å². The zero-order valence-electron chi connectivity index (χ0n) is 4.02. The molecule has 40 valence electrons. The van der Waals surface area contributed by atoms with E-state index >= 15 is 0 Å². The summed E-state index contributed by atoms with van der Waals surface area (Å²) in [5, 5.41) is 0. The first kappa shape index (κ1) is 3.89. The normalized spacial score (nSPS) is 12.1.